The molecule has 1 aliphatic rings. The molecule has 3 N–H and O–H groups in total. The zero-order chi connectivity index (χ0) is 13.5. The van der Waals surface area contributed by atoms with Gasteiger partial charge in [-0.1, -0.05) is 32.1 Å². The van der Waals surface area contributed by atoms with Crippen molar-refractivity contribution in [1.29, 1.82) is 0 Å². The van der Waals surface area contributed by atoms with Crippen molar-refractivity contribution in [3.63, 3.8) is 0 Å². The van der Waals surface area contributed by atoms with Gasteiger partial charge in [0.1, 0.15) is 0 Å². The Kier molecular flexibility index (Phi) is 5.33. The molecule has 0 spiro atoms. The van der Waals surface area contributed by atoms with Gasteiger partial charge in [-0.2, -0.15) is 0 Å². The van der Waals surface area contributed by atoms with Gasteiger partial charge in [0, 0.05) is 24.3 Å². The summed E-state index contributed by atoms with van der Waals surface area (Å²) in [6, 6.07) is 3.85. The molecule has 0 radical (unpaired) electrons. The number of carbonyl (C=O) groups is 1. The van der Waals surface area contributed by atoms with Crippen LogP contribution in [0.15, 0.2) is 18.3 Å². The number of nitrogens with two attached hydrogens (primary N) is 1. The van der Waals surface area contributed by atoms with Crippen LogP contribution >= 0.6 is 0 Å². The molecule has 0 atom stereocenters. The molecule has 1 aromatic rings. The largest absolute Gasteiger partial charge is 0.349 e. The lowest BCUT2D eigenvalue weighted by molar-refractivity contribution is 0.0930. The van der Waals surface area contributed by atoms with E-state index in [0.29, 0.717) is 18.2 Å². The fourth-order valence-electron chi connectivity index (χ4n) is 2.60. The van der Waals surface area contributed by atoms with Crippen molar-refractivity contribution in [2.75, 3.05) is 0 Å². The Morgan fingerprint density at radius 3 is 2.63 bits per heavy atom. The first kappa shape index (κ1) is 14.0. The van der Waals surface area contributed by atoms with Crippen molar-refractivity contribution in [2.24, 2.45) is 5.73 Å². The summed E-state index contributed by atoms with van der Waals surface area (Å²) in [7, 11) is 0. The van der Waals surface area contributed by atoms with E-state index in [2.05, 4.69) is 10.3 Å². The van der Waals surface area contributed by atoms with Crippen molar-refractivity contribution in [1.82, 2.24) is 10.3 Å². The highest BCUT2D eigenvalue weighted by molar-refractivity contribution is 5.94. The molecular weight excluding hydrogens is 238 g/mol. The van der Waals surface area contributed by atoms with Crippen LogP contribution in [0.5, 0.6) is 0 Å². The van der Waals surface area contributed by atoms with Gasteiger partial charge in [-0.25, -0.2) is 0 Å². The second-order valence-electron chi connectivity index (χ2n) is 5.26. The SMILES string of the molecule is NCc1cc(C(=O)NC2CCCCCCC2)ccn1. The minimum atomic E-state index is 0.00248. The van der Waals surface area contributed by atoms with Crippen molar-refractivity contribution < 1.29 is 4.79 Å². The molecule has 0 saturated heterocycles. The predicted molar refractivity (Wildman–Crippen MR) is 75.7 cm³/mol. The van der Waals surface area contributed by atoms with E-state index in [1.807, 2.05) is 0 Å². The van der Waals surface area contributed by atoms with Gasteiger partial charge in [-0.3, -0.25) is 9.78 Å². The molecule has 0 aromatic carbocycles. The van der Waals surface area contributed by atoms with Gasteiger partial charge >= 0.3 is 0 Å². The van der Waals surface area contributed by atoms with Gasteiger partial charge in [0.2, 0.25) is 0 Å². The fourth-order valence-corrected chi connectivity index (χ4v) is 2.60. The molecule has 104 valence electrons. The van der Waals surface area contributed by atoms with Gasteiger partial charge in [-0.15, -0.1) is 0 Å². The fraction of sp³-hybridized carbons (Fsp3) is 0.600. The standard InChI is InChI=1S/C15H23N3O/c16-11-14-10-12(8-9-17-14)15(19)18-13-6-4-2-1-3-5-7-13/h8-10,13H,1-7,11,16H2,(H,18,19). The maximum Gasteiger partial charge on any atom is 0.251 e. The molecule has 4 heteroatoms. The van der Waals surface area contributed by atoms with Gasteiger partial charge in [-0.05, 0) is 25.0 Å². The van der Waals surface area contributed by atoms with Crippen LogP contribution in [0.2, 0.25) is 0 Å². The third-order valence-corrected chi connectivity index (χ3v) is 3.73. The highest BCUT2D eigenvalue weighted by Gasteiger charge is 2.15. The monoisotopic (exact) mass is 261 g/mol. The third kappa shape index (κ3) is 4.31. The number of pyridine rings is 1. The van der Waals surface area contributed by atoms with Crippen LogP contribution in [0.4, 0.5) is 0 Å². The summed E-state index contributed by atoms with van der Waals surface area (Å²) in [5.74, 6) is 0.00248. The molecule has 1 saturated carbocycles. The zero-order valence-electron chi connectivity index (χ0n) is 11.4. The van der Waals surface area contributed by atoms with Gasteiger partial charge in [0.05, 0.1) is 5.69 Å². The minimum Gasteiger partial charge on any atom is -0.349 e. The number of rotatable bonds is 3. The number of hydrogen-bond acceptors (Lipinski definition) is 3. The smallest absolute Gasteiger partial charge is 0.251 e. The Morgan fingerprint density at radius 2 is 1.95 bits per heavy atom. The van der Waals surface area contributed by atoms with E-state index in [-0.39, 0.29) is 5.91 Å². The molecule has 1 fully saturated rings. The summed E-state index contributed by atoms with van der Waals surface area (Å²) < 4.78 is 0. The lowest BCUT2D eigenvalue weighted by Gasteiger charge is -2.21. The third-order valence-electron chi connectivity index (χ3n) is 3.73. The molecule has 0 bridgehead atoms. The second-order valence-corrected chi connectivity index (χ2v) is 5.26. The number of aromatic nitrogens is 1. The van der Waals surface area contributed by atoms with Gasteiger partial charge < -0.3 is 11.1 Å². The lowest BCUT2D eigenvalue weighted by Crippen LogP contribution is -2.35. The Hall–Kier alpha value is -1.42. The Balaban J connectivity index is 1.94. The van der Waals surface area contributed by atoms with Crippen molar-refractivity contribution in [2.45, 2.75) is 57.5 Å². The van der Waals surface area contributed by atoms with Crippen molar-refractivity contribution in [3.8, 4) is 0 Å². The average molecular weight is 261 g/mol. The summed E-state index contributed by atoms with van der Waals surface area (Å²) in [5.41, 5.74) is 6.97. The van der Waals surface area contributed by atoms with Crippen LogP contribution in [-0.4, -0.2) is 16.9 Å². The lowest BCUT2D eigenvalue weighted by atomic mass is 9.96. The average Bonchev–Trinajstić information content (AvgIpc) is 2.41. The van der Waals surface area contributed by atoms with E-state index in [1.165, 1.54) is 32.1 Å². The maximum absolute atomic E-state index is 12.2. The predicted octanol–water partition coefficient (Wildman–Crippen LogP) is 2.38. The molecule has 19 heavy (non-hydrogen) atoms. The maximum atomic E-state index is 12.2. The first-order chi connectivity index (χ1) is 9.29. The number of amides is 1. The molecule has 1 aromatic heterocycles. The van der Waals surface area contributed by atoms with Crippen LogP contribution in [0.25, 0.3) is 0 Å². The zero-order valence-corrected chi connectivity index (χ0v) is 11.4. The van der Waals surface area contributed by atoms with E-state index >= 15 is 0 Å². The highest BCUT2D eigenvalue weighted by Crippen LogP contribution is 2.17. The van der Waals surface area contributed by atoms with E-state index < -0.39 is 0 Å². The first-order valence-electron chi connectivity index (χ1n) is 7.25. The van der Waals surface area contributed by atoms with Crippen LogP contribution in [0.3, 0.4) is 0 Å². The van der Waals surface area contributed by atoms with Gasteiger partial charge in [0.25, 0.3) is 5.91 Å². The highest BCUT2D eigenvalue weighted by atomic mass is 16.1. The number of nitrogens with one attached hydrogen (secondary N) is 1. The molecule has 2 rings (SSSR count). The topological polar surface area (TPSA) is 68.0 Å². The molecule has 1 aliphatic carbocycles. The van der Waals surface area contributed by atoms with E-state index in [9.17, 15) is 4.79 Å². The summed E-state index contributed by atoms with van der Waals surface area (Å²) in [6.07, 6.45) is 10.2. The summed E-state index contributed by atoms with van der Waals surface area (Å²) in [6.45, 7) is 0.366. The van der Waals surface area contributed by atoms with E-state index in [0.717, 1.165) is 18.5 Å². The van der Waals surface area contributed by atoms with Crippen LogP contribution in [0.1, 0.15) is 61.0 Å². The Labute approximate surface area is 114 Å². The molecule has 0 aliphatic heterocycles. The first-order valence-corrected chi connectivity index (χ1v) is 7.25. The number of hydrogen-bond donors (Lipinski definition) is 2. The van der Waals surface area contributed by atoms with Crippen molar-refractivity contribution >= 4 is 5.91 Å². The minimum absolute atomic E-state index is 0.00248. The quantitative estimate of drug-likeness (QED) is 0.877. The van der Waals surface area contributed by atoms with Crippen LogP contribution in [-0.2, 0) is 6.54 Å². The van der Waals surface area contributed by atoms with Gasteiger partial charge in [0.15, 0.2) is 0 Å². The Morgan fingerprint density at radius 1 is 1.26 bits per heavy atom. The summed E-state index contributed by atoms with van der Waals surface area (Å²) in [4.78, 5) is 16.3. The van der Waals surface area contributed by atoms with Crippen LogP contribution < -0.4 is 11.1 Å². The molecule has 1 amide bonds. The van der Waals surface area contributed by atoms with Crippen molar-refractivity contribution in [3.05, 3.63) is 29.6 Å². The van der Waals surface area contributed by atoms with E-state index in [4.69, 9.17) is 5.73 Å². The normalized spacial score (nSPS) is 17.5. The van der Waals surface area contributed by atoms with E-state index in [1.54, 1.807) is 18.3 Å². The molecule has 1 heterocycles. The second kappa shape index (κ2) is 7.24. The summed E-state index contributed by atoms with van der Waals surface area (Å²) >= 11 is 0. The summed E-state index contributed by atoms with van der Waals surface area (Å²) in [5, 5.41) is 3.15. The molecule has 4 nitrogen and oxygen atoms in total. The Bertz CT molecular complexity index is 412. The number of nitrogens with zero attached hydrogens (tertiary/aromatic N) is 1. The molecule has 0 unspecified atom stereocenters. The van der Waals surface area contributed by atoms with Crippen LogP contribution in [0, 0.1) is 0 Å². The molecular formula is C15H23N3O. The number of carbonyl (C=O) groups excluding carboxylic acids is 1.